The monoisotopic (exact) mass is 307 g/mol. The second-order valence-electron chi connectivity index (χ2n) is 6.73. The first-order valence-electron chi connectivity index (χ1n) is 8.70. The summed E-state index contributed by atoms with van der Waals surface area (Å²) in [6, 6.07) is 0.543. The van der Waals surface area contributed by atoms with Crippen LogP contribution in [0.2, 0.25) is 0 Å². The van der Waals surface area contributed by atoms with Crippen LogP contribution in [0, 0.1) is 5.92 Å². The Labute approximate surface area is 135 Å². The molecule has 22 heavy (non-hydrogen) atoms. The standard InChI is InChI=1S/C17H33N5/c1-4-9-22-11-7-16(8-12-22)20-17(18-2)19-13-15-6-5-10-21(3)14-15/h4,15-16H,1,5-14H2,2-3H3,(H2,18,19,20). The van der Waals surface area contributed by atoms with Crippen molar-refractivity contribution in [3.05, 3.63) is 12.7 Å². The molecular formula is C17H33N5. The molecule has 0 bridgehead atoms. The van der Waals surface area contributed by atoms with Crippen molar-refractivity contribution in [2.75, 3.05) is 53.4 Å². The minimum absolute atomic E-state index is 0.543. The number of hydrogen-bond donors (Lipinski definition) is 2. The Morgan fingerprint density at radius 3 is 2.68 bits per heavy atom. The predicted octanol–water partition coefficient (Wildman–Crippen LogP) is 1.14. The molecule has 0 aromatic carbocycles. The molecule has 0 spiro atoms. The van der Waals surface area contributed by atoms with E-state index in [1.807, 2.05) is 13.1 Å². The van der Waals surface area contributed by atoms with Gasteiger partial charge in [-0.1, -0.05) is 6.08 Å². The van der Waals surface area contributed by atoms with E-state index >= 15 is 0 Å². The Kier molecular flexibility index (Phi) is 7.19. The van der Waals surface area contributed by atoms with Crippen molar-refractivity contribution in [1.29, 1.82) is 0 Å². The molecule has 5 heteroatoms. The van der Waals surface area contributed by atoms with Crippen LogP contribution in [0.5, 0.6) is 0 Å². The van der Waals surface area contributed by atoms with Crippen LogP contribution in [0.3, 0.4) is 0 Å². The fraction of sp³-hybridized carbons (Fsp3) is 0.824. The molecule has 0 aliphatic carbocycles. The van der Waals surface area contributed by atoms with Gasteiger partial charge >= 0.3 is 0 Å². The van der Waals surface area contributed by atoms with E-state index in [-0.39, 0.29) is 0 Å². The number of likely N-dealkylation sites (tertiary alicyclic amines) is 2. The quantitative estimate of drug-likeness (QED) is 0.454. The second kappa shape index (κ2) is 9.16. The molecule has 0 saturated carbocycles. The molecule has 2 N–H and O–H groups in total. The summed E-state index contributed by atoms with van der Waals surface area (Å²) in [6.07, 6.45) is 7.00. The Morgan fingerprint density at radius 1 is 1.27 bits per heavy atom. The maximum absolute atomic E-state index is 4.39. The molecular weight excluding hydrogens is 274 g/mol. The second-order valence-corrected chi connectivity index (χ2v) is 6.73. The largest absolute Gasteiger partial charge is 0.356 e. The minimum Gasteiger partial charge on any atom is -0.356 e. The average Bonchev–Trinajstić information content (AvgIpc) is 2.53. The van der Waals surface area contributed by atoms with Crippen LogP contribution in [0.25, 0.3) is 0 Å². The molecule has 0 aromatic rings. The van der Waals surface area contributed by atoms with Crippen molar-refractivity contribution in [3.63, 3.8) is 0 Å². The molecule has 0 radical (unpaired) electrons. The van der Waals surface area contributed by atoms with Gasteiger partial charge in [0, 0.05) is 45.8 Å². The number of guanidine groups is 1. The lowest BCUT2D eigenvalue weighted by Crippen LogP contribution is -2.50. The van der Waals surface area contributed by atoms with Crippen molar-refractivity contribution in [2.45, 2.75) is 31.7 Å². The predicted molar refractivity (Wildman–Crippen MR) is 94.4 cm³/mol. The van der Waals surface area contributed by atoms with Gasteiger partial charge in [0.25, 0.3) is 0 Å². The molecule has 2 rings (SSSR count). The Morgan fingerprint density at radius 2 is 2.05 bits per heavy atom. The highest BCUT2D eigenvalue weighted by atomic mass is 15.2. The summed E-state index contributed by atoms with van der Waals surface area (Å²) < 4.78 is 0. The van der Waals surface area contributed by atoms with Crippen LogP contribution in [0.1, 0.15) is 25.7 Å². The molecule has 1 atom stereocenters. The first-order valence-corrected chi connectivity index (χ1v) is 8.70. The van der Waals surface area contributed by atoms with Crippen LogP contribution in [0.15, 0.2) is 17.6 Å². The van der Waals surface area contributed by atoms with E-state index in [0.29, 0.717) is 6.04 Å². The normalized spacial score (nSPS) is 25.9. The highest BCUT2D eigenvalue weighted by Crippen LogP contribution is 2.14. The van der Waals surface area contributed by atoms with E-state index in [4.69, 9.17) is 0 Å². The third kappa shape index (κ3) is 5.61. The summed E-state index contributed by atoms with van der Waals surface area (Å²) in [7, 11) is 4.09. The van der Waals surface area contributed by atoms with Gasteiger partial charge < -0.3 is 15.5 Å². The molecule has 2 aliphatic heterocycles. The van der Waals surface area contributed by atoms with Gasteiger partial charge in [0.2, 0.25) is 0 Å². The molecule has 2 heterocycles. The lowest BCUT2D eigenvalue weighted by atomic mass is 9.98. The number of nitrogens with one attached hydrogen (secondary N) is 2. The summed E-state index contributed by atoms with van der Waals surface area (Å²) in [5.74, 6) is 1.71. The lowest BCUT2D eigenvalue weighted by molar-refractivity contribution is 0.209. The number of hydrogen-bond acceptors (Lipinski definition) is 3. The maximum Gasteiger partial charge on any atom is 0.191 e. The van der Waals surface area contributed by atoms with E-state index in [2.05, 4.69) is 39.1 Å². The fourth-order valence-electron chi connectivity index (χ4n) is 3.51. The van der Waals surface area contributed by atoms with Gasteiger partial charge in [0.05, 0.1) is 0 Å². The first-order chi connectivity index (χ1) is 10.7. The molecule has 2 aliphatic rings. The first kappa shape index (κ1) is 17.3. The van der Waals surface area contributed by atoms with Crippen molar-refractivity contribution in [1.82, 2.24) is 20.4 Å². The summed E-state index contributed by atoms with van der Waals surface area (Å²) in [4.78, 5) is 9.28. The molecule has 0 amide bonds. The van der Waals surface area contributed by atoms with Crippen LogP contribution < -0.4 is 10.6 Å². The van der Waals surface area contributed by atoms with E-state index < -0.39 is 0 Å². The smallest absolute Gasteiger partial charge is 0.191 e. The highest BCUT2D eigenvalue weighted by Gasteiger charge is 2.20. The Balaban J connectivity index is 1.68. The number of nitrogens with zero attached hydrogens (tertiary/aromatic N) is 3. The summed E-state index contributed by atoms with van der Waals surface area (Å²) in [5.41, 5.74) is 0. The van der Waals surface area contributed by atoms with E-state index in [1.165, 1.54) is 38.8 Å². The van der Waals surface area contributed by atoms with Gasteiger partial charge in [0.1, 0.15) is 0 Å². The topological polar surface area (TPSA) is 42.9 Å². The number of rotatable bonds is 5. The Hall–Kier alpha value is -1.07. The van der Waals surface area contributed by atoms with E-state index in [1.54, 1.807) is 0 Å². The molecule has 2 saturated heterocycles. The number of piperidine rings is 2. The molecule has 2 fully saturated rings. The third-order valence-electron chi connectivity index (χ3n) is 4.82. The zero-order valence-corrected chi connectivity index (χ0v) is 14.4. The van der Waals surface area contributed by atoms with Crippen molar-refractivity contribution in [2.24, 2.45) is 10.9 Å². The van der Waals surface area contributed by atoms with Gasteiger partial charge in [-0.3, -0.25) is 9.89 Å². The fourth-order valence-corrected chi connectivity index (χ4v) is 3.51. The SMILES string of the molecule is C=CCN1CCC(NC(=NC)NCC2CCCN(C)C2)CC1. The highest BCUT2D eigenvalue weighted by molar-refractivity contribution is 5.79. The average molecular weight is 307 g/mol. The van der Waals surface area contributed by atoms with E-state index in [0.717, 1.165) is 38.1 Å². The summed E-state index contributed by atoms with van der Waals surface area (Å²) in [5, 5.41) is 7.12. The van der Waals surface area contributed by atoms with Crippen LogP contribution >= 0.6 is 0 Å². The van der Waals surface area contributed by atoms with Gasteiger partial charge in [-0.15, -0.1) is 6.58 Å². The summed E-state index contributed by atoms with van der Waals surface area (Å²) in [6.45, 7) is 10.6. The van der Waals surface area contributed by atoms with Crippen LogP contribution in [0.4, 0.5) is 0 Å². The van der Waals surface area contributed by atoms with Gasteiger partial charge in [-0.2, -0.15) is 0 Å². The minimum atomic E-state index is 0.543. The molecule has 126 valence electrons. The maximum atomic E-state index is 4.39. The molecule has 5 nitrogen and oxygen atoms in total. The van der Waals surface area contributed by atoms with Crippen LogP contribution in [-0.4, -0.2) is 75.2 Å². The number of aliphatic imine (C=N–C) groups is 1. The zero-order valence-electron chi connectivity index (χ0n) is 14.4. The lowest BCUT2D eigenvalue weighted by Gasteiger charge is -2.33. The van der Waals surface area contributed by atoms with E-state index in [9.17, 15) is 0 Å². The van der Waals surface area contributed by atoms with Gasteiger partial charge in [-0.25, -0.2) is 0 Å². The van der Waals surface area contributed by atoms with Crippen LogP contribution in [-0.2, 0) is 0 Å². The summed E-state index contributed by atoms with van der Waals surface area (Å²) >= 11 is 0. The molecule has 1 unspecified atom stereocenters. The third-order valence-corrected chi connectivity index (χ3v) is 4.82. The Bertz CT molecular complexity index is 360. The van der Waals surface area contributed by atoms with Gasteiger partial charge in [-0.05, 0) is 45.2 Å². The van der Waals surface area contributed by atoms with Gasteiger partial charge in [0.15, 0.2) is 5.96 Å². The molecule has 0 aromatic heterocycles. The van der Waals surface area contributed by atoms with Crippen molar-refractivity contribution in [3.8, 4) is 0 Å². The van der Waals surface area contributed by atoms with Crippen molar-refractivity contribution < 1.29 is 0 Å². The van der Waals surface area contributed by atoms with Crippen molar-refractivity contribution >= 4 is 5.96 Å². The zero-order chi connectivity index (χ0) is 15.8.